The average molecular weight is 291 g/mol. The Morgan fingerprint density at radius 2 is 1.65 bits per heavy atom. The van der Waals surface area contributed by atoms with E-state index in [4.69, 9.17) is 9.84 Å². The zero-order chi connectivity index (χ0) is 15.8. The van der Waals surface area contributed by atoms with Gasteiger partial charge in [0.25, 0.3) is 0 Å². The minimum atomic E-state index is -1.07. The molecule has 7 nitrogen and oxygen atoms in total. The second kappa shape index (κ2) is 8.76. The predicted molar refractivity (Wildman–Crippen MR) is 72.4 cm³/mol. The highest BCUT2D eigenvalue weighted by atomic mass is 16.6. The van der Waals surface area contributed by atoms with Crippen molar-refractivity contribution < 1.29 is 29.6 Å². The topological polar surface area (TPSA) is 116 Å². The maximum Gasteiger partial charge on any atom is 0.407 e. The van der Waals surface area contributed by atoms with Gasteiger partial charge in [-0.15, -0.1) is 0 Å². The number of aliphatic hydroxyl groups is 2. The lowest BCUT2D eigenvalue weighted by molar-refractivity contribution is -0.139. The lowest BCUT2D eigenvalue weighted by Gasteiger charge is -2.20. The van der Waals surface area contributed by atoms with Crippen LogP contribution in [0.2, 0.25) is 0 Å². The van der Waals surface area contributed by atoms with Gasteiger partial charge in [-0.05, 0) is 40.0 Å². The molecule has 2 atom stereocenters. The monoisotopic (exact) mass is 291 g/mol. The Labute approximate surface area is 118 Å². The van der Waals surface area contributed by atoms with Crippen molar-refractivity contribution in [2.75, 3.05) is 6.54 Å². The van der Waals surface area contributed by atoms with Gasteiger partial charge in [-0.1, -0.05) is 0 Å². The van der Waals surface area contributed by atoms with E-state index in [9.17, 15) is 19.8 Å². The maximum absolute atomic E-state index is 11.3. The molecule has 1 amide bonds. The number of carbonyl (C=O) groups excluding carboxylic acids is 1. The highest BCUT2D eigenvalue weighted by Gasteiger charge is 2.16. The Bertz CT molecular complexity index is 312. The van der Waals surface area contributed by atoms with E-state index >= 15 is 0 Å². The second-order valence-electron chi connectivity index (χ2n) is 5.70. The van der Waals surface area contributed by atoms with Crippen LogP contribution in [-0.2, 0) is 9.53 Å². The fourth-order valence-corrected chi connectivity index (χ4v) is 1.49. The van der Waals surface area contributed by atoms with E-state index in [0.717, 1.165) is 0 Å². The summed E-state index contributed by atoms with van der Waals surface area (Å²) in [4.78, 5) is 21.6. The quantitative estimate of drug-likeness (QED) is 0.527. The molecule has 0 spiro atoms. The fraction of sp³-hybridized carbons (Fsp3) is 0.846. The van der Waals surface area contributed by atoms with Crippen molar-refractivity contribution in [1.29, 1.82) is 0 Å². The molecule has 0 saturated heterocycles. The molecule has 0 saturated carbocycles. The fourth-order valence-electron chi connectivity index (χ4n) is 1.49. The number of hydrogen-bond acceptors (Lipinski definition) is 5. The van der Waals surface area contributed by atoms with E-state index in [0.29, 0.717) is 6.42 Å². The third-order valence-corrected chi connectivity index (χ3v) is 2.39. The molecule has 0 radical (unpaired) electrons. The Morgan fingerprint density at radius 3 is 2.15 bits per heavy atom. The van der Waals surface area contributed by atoms with Crippen LogP contribution in [0.5, 0.6) is 0 Å². The molecule has 0 aromatic rings. The predicted octanol–water partition coefficient (Wildman–Crippen LogP) is 0.878. The molecular formula is C13H25NO6. The first-order valence-corrected chi connectivity index (χ1v) is 6.65. The maximum atomic E-state index is 11.3. The van der Waals surface area contributed by atoms with Crippen molar-refractivity contribution in [2.45, 2.75) is 64.3 Å². The van der Waals surface area contributed by atoms with Crippen molar-refractivity contribution in [3.63, 3.8) is 0 Å². The van der Waals surface area contributed by atoms with Gasteiger partial charge in [0.2, 0.25) is 0 Å². The third kappa shape index (κ3) is 11.7. The molecule has 0 fully saturated rings. The first kappa shape index (κ1) is 18.7. The SMILES string of the molecule is CC(C)(C)OC(=O)NCCC(O)CCC(O)CC(=O)O. The molecule has 2 unspecified atom stereocenters. The lowest BCUT2D eigenvalue weighted by atomic mass is 10.1. The smallest absolute Gasteiger partial charge is 0.407 e. The van der Waals surface area contributed by atoms with Gasteiger partial charge in [0.1, 0.15) is 5.60 Å². The zero-order valence-electron chi connectivity index (χ0n) is 12.3. The summed E-state index contributed by atoms with van der Waals surface area (Å²) < 4.78 is 5.02. The standard InChI is InChI=1S/C13H25NO6/c1-13(2,3)20-12(19)14-7-6-9(15)4-5-10(16)8-11(17)18/h9-10,15-16H,4-8H2,1-3H3,(H,14,19)(H,17,18). The van der Waals surface area contributed by atoms with Crippen molar-refractivity contribution >= 4 is 12.1 Å². The van der Waals surface area contributed by atoms with Gasteiger partial charge in [0.15, 0.2) is 0 Å². The van der Waals surface area contributed by atoms with Crippen molar-refractivity contribution in [2.24, 2.45) is 0 Å². The van der Waals surface area contributed by atoms with Crippen molar-refractivity contribution in [1.82, 2.24) is 5.32 Å². The Balaban J connectivity index is 3.70. The highest BCUT2D eigenvalue weighted by Crippen LogP contribution is 2.08. The van der Waals surface area contributed by atoms with Gasteiger partial charge in [0, 0.05) is 6.54 Å². The van der Waals surface area contributed by atoms with Gasteiger partial charge in [-0.25, -0.2) is 4.79 Å². The number of carboxylic acid groups (broad SMARTS) is 1. The van der Waals surface area contributed by atoms with E-state index in [1.807, 2.05) is 0 Å². The summed E-state index contributed by atoms with van der Waals surface area (Å²) in [7, 11) is 0. The number of alkyl carbamates (subject to hydrolysis) is 1. The summed E-state index contributed by atoms with van der Waals surface area (Å²) in [6.45, 7) is 5.52. The minimum Gasteiger partial charge on any atom is -0.481 e. The number of aliphatic hydroxyl groups excluding tert-OH is 2. The van der Waals surface area contributed by atoms with Crippen molar-refractivity contribution in [3.8, 4) is 0 Å². The van der Waals surface area contributed by atoms with E-state index in [-0.39, 0.29) is 25.8 Å². The Morgan fingerprint density at radius 1 is 1.10 bits per heavy atom. The van der Waals surface area contributed by atoms with Crippen LogP contribution in [0.1, 0.15) is 46.5 Å². The number of nitrogens with one attached hydrogen (secondary N) is 1. The van der Waals surface area contributed by atoms with E-state index in [2.05, 4.69) is 5.32 Å². The molecule has 0 aliphatic heterocycles. The molecule has 20 heavy (non-hydrogen) atoms. The van der Waals surface area contributed by atoms with Crippen LogP contribution in [0.25, 0.3) is 0 Å². The third-order valence-electron chi connectivity index (χ3n) is 2.39. The van der Waals surface area contributed by atoms with Crippen LogP contribution in [0, 0.1) is 0 Å². The summed E-state index contributed by atoms with van der Waals surface area (Å²) in [6.07, 6.45) is -1.73. The molecule has 4 N–H and O–H groups in total. The van der Waals surface area contributed by atoms with Crippen LogP contribution in [0.15, 0.2) is 0 Å². The van der Waals surface area contributed by atoms with E-state index in [1.165, 1.54) is 0 Å². The minimum absolute atomic E-state index is 0.208. The normalized spacial score (nSPS) is 14.4. The number of ether oxygens (including phenoxy) is 1. The molecule has 118 valence electrons. The summed E-state index contributed by atoms with van der Waals surface area (Å²) in [5.41, 5.74) is -0.566. The Kier molecular flexibility index (Phi) is 8.17. The van der Waals surface area contributed by atoms with Crippen molar-refractivity contribution in [3.05, 3.63) is 0 Å². The van der Waals surface area contributed by atoms with Gasteiger partial charge in [-0.3, -0.25) is 4.79 Å². The highest BCUT2D eigenvalue weighted by molar-refractivity contribution is 5.67. The van der Waals surface area contributed by atoms with Crippen LogP contribution < -0.4 is 5.32 Å². The molecule has 0 aliphatic rings. The lowest BCUT2D eigenvalue weighted by Crippen LogP contribution is -2.34. The summed E-state index contributed by atoms with van der Waals surface area (Å²) in [6, 6.07) is 0. The number of carbonyl (C=O) groups is 2. The van der Waals surface area contributed by atoms with Crippen LogP contribution in [0.3, 0.4) is 0 Å². The van der Waals surface area contributed by atoms with Gasteiger partial charge in [0.05, 0.1) is 18.6 Å². The van der Waals surface area contributed by atoms with Crippen LogP contribution in [0.4, 0.5) is 4.79 Å². The molecule has 0 aromatic heterocycles. The number of rotatable bonds is 8. The summed E-state index contributed by atoms with van der Waals surface area (Å²) in [5, 5.41) is 29.9. The average Bonchev–Trinajstić information content (AvgIpc) is 2.22. The number of amides is 1. The van der Waals surface area contributed by atoms with E-state index in [1.54, 1.807) is 20.8 Å². The summed E-state index contributed by atoms with van der Waals surface area (Å²) in [5.74, 6) is -1.07. The number of carboxylic acids is 1. The molecule has 0 aliphatic carbocycles. The number of hydrogen-bond donors (Lipinski definition) is 4. The first-order chi connectivity index (χ1) is 9.10. The van der Waals surface area contributed by atoms with Crippen LogP contribution >= 0.6 is 0 Å². The largest absolute Gasteiger partial charge is 0.481 e. The molecular weight excluding hydrogens is 266 g/mol. The molecule has 7 heteroatoms. The molecule has 0 bridgehead atoms. The summed E-state index contributed by atoms with van der Waals surface area (Å²) >= 11 is 0. The molecule has 0 rings (SSSR count). The van der Waals surface area contributed by atoms with Crippen LogP contribution in [-0.4, -0.2) is 51.7 Å². The first-order valence-electron chi connectivity index (χ1n) is 6.65. The number of aliphatic carboxylic acids is 1. The Hall–Kier alpha value is -1.34. The van der Waals surface area contributed by atoms with Gasteiger partial charge < -0.3 is 25.4 Å². The second-order valence-corrected chi connectivity index (χ2v) is 5.70. The van der Waals surface area contributed by atoms with Gasteiger partial charge >= 0.3 is 12.1 Å². The zero-order valence-corrected chi connectivity index (χ0v) is 12.3. The molecule has 0 heterocycles. The van der Waals surface area contributed by atoms with Gasteiger partial charge in [-0.2, -0.15) is 0 Å². The molecule has 0 aromatic carbocycles. The van der Waals surface area contributed by atoms with E-state index < -0.39 is 29.9 Å².